The molecule has 0 heterocycles. The fourth-order valence-corrected chi connectivity index (χ4v) is 0.714. The molecule has 0 bridgehead atoms. The van der Waals surface area contributed by atoms with E-state index in [1.54, 1.807) is 0 Å². The Morgan fingerprint density at radius 1 is 0.933 bits per heavy atom. The molecule has 0 radical (unpaired) electrons. The largest absolute Gasteiger partial charge is 0.481 e. The summed E-state index contributed by atoms with van der Waals surface area (Å²) in [4.78, 5) is 30.5. The first-order valence-electron chi connectivity index (χ1n) is 3.17. The van der Waals surface area contributed by atoms with E-state index in [-0.39, 0.29) is 42.7 Å². The number of aliphatic hydroxyl groups is 1. The fourth-order valence-electron chi connectivity index (χ4n) is 0.714. The molecule has 4 N–H and O–H groups in total. The Morgan fingerprint density at radius 2 is 1.20 bits per heavy atom. The van der Waals surface area contributed by atoms with Crippen LogP contribution in [0.4, 0.5) is 0 Å². The third-order valence-electron chi connectivity index (χ3n) is 1.29. The van der Waals surface area contributed by atoms with Crippen LogP contribution in [0, 0.1) is 0 Å². The van der Waals surface area contributed by atoms with Gasteiger partial charge in [-0.15, -0.1) is 0 Å². The van der Waals surface area contributed by atoms with Gasteiger partial charge < -0.3 is 20.4 Å². The van der Waals surface area contributed by atoms with Gasteiger partial charge in [0.15, 0.2) is 5.60 Å². The van der Waals surface area contributed by atoms with Gasteiger partial charge in [0, 0.05) is 42.7 Å². The van der Waals surface area contributed by atoms with Crippen LogP contribution >= 0.6 is 0 Å². The van der Waals surface area contributed by atoms with Gasteiger partial charge in [0.2, 0.25) is 0 Å². The number of carboxylic acids is 3. The second-order valence-corrected chi connectivity index (χ2v) is 2.48. The van der Waals surface area contributed by atoms with Crippen LogP contribution in [-0.4, -0.2) is 43.9 Å². The zero-order chi connectivity index (χ0) is 10.6. The zero-order valence-electron chi connectivity index (χ0n) is 7.24. The van der Waals surface area contributed by atoms with Crippen LogP contribution in [-0.2, 0) is 57.1 Å². The summed E-state index contributed by atoms with van der Waals surface area (Å²) in [5, 5.41) is 33.8. The van der Waals surface area contributed by atoms with Crippen LogP contribution in [0.15, 0.2) is 0 Å². The molecule has 0 aliphatic carbocycles. The molecule has 15 heavy (non-hydrogen) atoms. The van der Waals surface area contributed by atoms with E-state index in [4.69, 9.17) is 20.4 Å². The molecule has 7 nitrogen and oxygen atoms in total. The maximum atomic E-state index is 10.3. The fraction of sp³-hybridized carbons (Fsp3) is 0.500. The van der Waals surface area contributed by atoms with Crippen molar-refractivity contribution in [3.05, 3.63) is 0 Å². The van der Waals surface area contributed by atoms with Crippen LogP contribution in [0.25, 0.3) is 0 Å². The molecule has 88 valence electrons. The maximum Gasteiger partial charge on any atom is 0.336 e. The smallest absolute Gasteiger partial charge is 0.336 e. The molecule has 0 atom stereocenters. The van der Waals surface area contributed by atoms with E-state index in [2.05, 4.69) is 0 Å². The van der Waals surface area contributed by atoms with Crippen molar-refractivity contribution in [1.29, 1.82) is 0 Å². The predicted molar refractivity (Wildman–Crippen MR) is 37.1 cm³/mol. The molecular weight excluding hydrogens is 334 g/mol. The summed E-state index contributed by atoms with van der Waals surface area (Å²) in [7, 11) is 0. The van der Waals surface area contributed by atoms with Crippen molar-refractivity contribution in [2.75, 3.05) is 0 Å². The summed E-state index contributed by atoms with van der Waals surface area (Å²) in [5.74, 6) is -5.02. The van der Waals surface area contributed by atoms with E-state index < -0.39 is 36.4 Å². The van der Waals surface area contributed by atoms with Crippen molar-refractivity contribution in [3.8, 4) is 0 Å². The minimum atomic E-state index is -2.74. The van der Waals surface area contributed by atoms with E-state index in [0.717, 1.165) is 0 Å². The molecule has 0 aliphatic rings. The van der Waals surface area contributed by atoms with Crippen LogP contribution in [0.5, 0.6) is 0 Å². The molecule has 0 saturated heterocycles. The van der Waals surface area contributed by atoms with E-state index in [0.29, 0.717) is 0 Å². The summed E-state index contributed by atoms with van der Waals surface area (Å²) in [5.41, 5.74) is -2.74. The summed E-state index contributed by atoms with van der Waals surface area (Å²) < 4.78 is 0. The van der Waals surface area contributed by atoms with Gasteiger partial charge in [-0.2, -0.15) is 0 Å². The van der Waals surface area contributed by atoms with E-state index >= 15 is 0 Å². The van der Waals surface area contributed by atoms with Crippen molar-refractivity contribution >= 4 is 17.9 Å². The Hall–Kier alpha value is -0.253. The summed E-state index contributed by atoms with van der Waals surface area (Å²) >= 11 is 0. The zero-order valence-corrected chi connectivity index (χ0v) is 10.7. The van der Waals surface area contributed by atoms with Gasteiger partial charge in [-0.05, 0) is 0 Å². The first-order valence-corrected chi connectivity index (χ1v) is 3.17. The predicted octanol–water partition coefficient (Wildman–Crippen LogP) is -1.25. The third-order valence-corrected chi connectivity index (χ3v) is 1.29. The minimum absolute atomic E-state index is 0. The Kier molecular flexibility index (Phi) is 10.7. The van der Waals surface area contributed by atoms with Crippen molar-refractivity contribution in [1.82, 2.24) is 0 Å². The van der Waals surface area contributed by atoms with Gasteiger partial charge in [-0.3, -0.25) is 9.59 Å². The average Bonchev–Trinajstić information content (AvgIpc) is 1.82. The number of aliphatic carboxylic acids is 3. The van der Waals surface area contributed by atoms with E-state index in [1.807, 2.05) is 0 Å². The van der Waals surface area contributed by atoms with Gasteiger partial charge >= 0.3 is 17.9 Å². The van der Waals surface area contributed by atoms with Crippen molar-refractivity contribution < 1.29 is 77.5 Å². The van der Waals surface area contributed by atoms with Crippen molar-refractivity contribution in [2.24, 2.45) is 0 Å². The standard InChI is InChI=1S/C6H8O7.Ni.Zr/c7-3(8)1-6(13,5(11)12)2-4(9)10;;/h13H,1-2H2,(H,7,8)(H,9,10)(H,11,12);;. The monoisotopic (exact) mass is 340 g/mol. The summed E-state index contributed by atoms with van der Waals surface area (Å²) in [6.07, 6.45) is -2.29. The first-order chi connectivity index (χ1) is 5.78. The Balaban J connectivity index is -0.000000720. The molecular formula is C6H8NiO7Zr. The van der Waals surface area contributed by atoms with E-state index in [1.165, 1.54) is 0 Å². The molecule has 0 saturated carbocycles. The maximum absolute atomic E-state index is 10.3. The molecule has 0 rings (SSSR count). The van der Waals surface area contributed by atoms with Gasteiger partial charge in [-0.1, -0.05) is 0 Å². The molecule has 0 aromatic carbocycles. The quantitative estimate of drug-likeness (QED) is 0.459. The van der Waals surface area contributed by atoms with Crippen molar-refractivity contribution in [2.45, 2.75) is 18.4 Å². The molecule has 0 aliphatic heterocycles. The van der Waals surface area contributed by atoms with Gasteiger partial charge in [0.25, 0.3) is 0 Å². The van der Waals surface area contributed by atoms with Crippen LogP contribution in [0.1, 0.15) is 12.8 Å². The van der Waals surface area contributed by atoms with Gasteiger partial charge in [0.05, 0.1) is 12.8 Å². The molecule has 0 aromatic rings. The summed E-state index contributed by atoms with van der Waals surface area (Å²) in [6, 6.07) is 0. The second-order valence-electron chi connectivity index (χ2n) is 2.48. The van der Waals surface area contributed by atoms with Crippen LogP contribution in [0.3, 0.4) is 0 Å². The van der Waals surface area contributed by atoms with Crippen molar-refractivity contribution in [3.63, 3.8) is 0 Å². The average molecular weight is 342 g/mol. The molecule has 0 unspecified atom stereocenters. The number of carboxylic acid groups (broad SMARTS) is 3. The molecule has 0 aromatic heterocycles. The normalized spacial score (nSPS) is 9.40. The Morgan fingerprint density at radius 3 is 1.33 bits per heavy atom. The number of hydrogen-bond acceptors (Lipinski definition) is 4. The summed E-state index contributed by atoms with van der Waals surface area (Å²) in [6.45, 7) is 0. The molecule has 0 fully saturated rings. The topological polar surface area (TPSA) is 132 Å². The molecule has 0 spiro atoms. The van der Waals surface area contributed by atoms with Crippen LogP contribution in [0.2, 0.25) is 0 Å². The Labute approximate surface area is 114 Å². The third kappa shape index (κ3) is 7.65. The molecule has 9 heteroatoms. The number of carbonyl (C=O) groups is 3. The molecule has 0 amide bonds. The first kappa shape index (κ1) is 20.2. The Bertz CT molecular complexity index is 238. The SMILES string of the molecule is O=C(O)CC(O)(CC(=O)O)C(=O)O.[Ni].[Zr]. The number of rotatable bonds is 5. The number of hydrogen-bond donors (Lipinski definition) is 4. The second kappa shape index (κ2) is 7.96. The van der Waals surface area contributed by atoms with Gasteiger partial charge in [-0.25, -0.2) is 4.79 Å². The van der Waals surface area contributed by atoms with Gasteiger partial charge in [0.1, 0.15) is 0 Å². The minimum Gasteiger partial charge on any atom is -0.481 e. The van der Waals surface area contributed by atoms with Crippen LogP contribution < -0.4 is 0 Å². The van der Waals surface area contributed by atoms with E-state index in [9.17, 15) is 14.4 Å².